The Bertz CT molecular complexity index is 1190. The minimum Gasteiger partial charge on any atom is -0.459 e. The summed E-state index contributed by atoms with van der Waals surface area (Å²) in [6, 6.07) is 28.8. The number of aryl methyl sites for hydroxylation is 1. The van der Waals surface area contributed by atoms with E-state index in [1.165, 1.54) is 6.26 Å². The highest BCUT2D eigenvalue weighted by molar-refractivity contribution is 6.04. The maximum atomic E-state index is 13.1. The Morgan fingerprint density at radius 2 is 1.45 bits per heavy atom. The predicted octanol–water partition coefficient (Wildman–Crippen LogP) is 5.58. The number of furan rings is 1. The first-order valence-electron chi connectivity index (χ1n) is 10.8. The van der Waals surface area contributed by atoms with Crippen molar-refractivity contribution >= 4 is 17.5 Å². The highest BCUT2D eigenvalue weighted by Gasteiger charge is 2.29. The minimum atomic E-state index is -0.404. The van der Waals surface area contributed by atoms with Crippen molar-refractivity contribution in [2.24, 2.45) is 0 Å². The van der Waals surface area contributed by atoms with Crippen LogP contribution in [0, 0.1) is 6.92 Å². The van der Waals surface area contributed by atoms with Gasteiger partial charge in [-0.2, -0.15) is 0 Å². The molecule has 0 aliphatic rings. The van der Waals surface area contributed by atoms with Crippen LogP contribution in [-0.4, -0.2) is 18.4 Å². The van der Waals surface area contributed by atoms with Crippen molar-refractivity contribution in [1.82, 2.24) is 5.32 Å². The molecule has 0 bridgehead atoms. The lowest BCUT2D eigenvalue weighted by Crippen LogP contribution is -2.39. The average Bonchev–Trinajstić information content (AvgIpc) is 3.40. The molecule has 0 aliphatic carbocycles. The number of amides is 2. The van der Waals surface area contributed by atoms with E-state index < -0.39 is 5.41 Å². The number of carbonyl (C=O) groups excluding carboxylic acids is 2. The SMILES string of the molecule is Cc1ccc(C(=O)NCC(C)(c2ccccc2)c2ccccc2)cc1NC(=O)c1ccco1. The molecule has 33 heavy (non-hydrogen) atoms. The molecular weight excluding hydrogens is 412 g/mol. The Labute approximate surface area is 193 Å². The maximum absolute atomic E-state index is 13.1. The summed E-state index contributed by atoms with van der Waals surface area (Å²) in [6.07, 6.45) is 1.45. The maximum Gasteiger partial charge on any atom is 0.291 e. The van der Waals surface area contributed by atoms with E-state index in [2.05, 4.69) is 41.8 Å². The molecule has 0 saturated heterocycles. The molecule has 3 aromatic carbocycles. The number of anilines is 1. The molecule has 4 aromatic rings. The summed E-state index contributed by atoms with van der Waals surface area (Å²) in [7, 11) is 0. The summed E-state index contributed by atoms with van der Waals surface area (Å²) >= 11 is 0. The van der Waals surface area contributed by atoms with E-state index in [1.54, 1.807) is 24.3 Å². The van der Waals surface area contributed by atoms with Crippen molar-refractivity contribution in [3.63, 3.8) is 0 Å². The number of benzene rings is 3. The fraction of sp³-hybridized carbons (Fsp3) is 0.143. The second kappa shape index (κ2) is 9.57. The molecule has 2 amide bonds. The molecule has 1 heterocycles. The van der Waals surface area contributed by atoms with Gasteiger partial charge in [-0.05, 0) is 54.8 Å². The van der Waals surface area contributed by atoms with Gasteiger partial charge in [0, 0.05) is 23.2 Å². The van der Waals surface area contributed by atoms with Gasteiger partial charge in [-0.15, -0.1) is 0 Å². The van der Waals surface area contributed by atoms with E-state index in [9.17, 15) is 9.59 Å². The van der Waals surface area contributed by atoms with Gasteiger partial charge in [0.1, 0.15) is 0 Å². The van der Waals surface area contributed by atoms with Crippen molar-refractivity contribution in [1.29, 1.82) is 0 Å². The predicted molar refractivity (Wildman–Crippen MR) is 130 cm³/mol. The van der Waals surface area contributed by atoms with Crippen molar-refractivity contribution in [3.8, 4) is 0 Å². The number of hydrogen-bond donors (Lipinski definition) is 2. The lowest BCUT2D eigenvalue weighted by molar-refractivity contribution is 0.0945. The first kappa shape index (κ1) is 22.1. The summed E-state index contributed by atoms with van der Waals surface area (Å²) < 4.78 is 5.15. The van der Waals surface area contributed by atoms with Crippen molar-refractivity contribution < 1.29 is 14.0 Å². The molecule has 166 valence electrons. The van der Waals surface area contributed by atoms with Gasteiger partial charge in [0.05, 0.1) is 6.26 Å². The molecule has 0 saturated carbocycles. The Morgan fingerprint density at radius 1 is 0.818 bits per heavy atom. The van der Waals surface area contributed by atoms with Crippen LogP contribution in [-0.2, 0) is 5.41 Å². The first-order chi connectivity index (χ1) is 16.0. The summed E-state index contributed by atoms with van der Waals surface area (Å²) in [5, 5.41) is 5.91. The number of hydrogen-bond acceptors (Lipinski definition) is 3. The zero-order valence-corrected chi connectivity index (χ0v) is 18.7. The van der Waals surface area contributed by atoms with Gasteiger partial charge < -0.3 is 15.1 Å². The van der Waals surface area contributed by atoms with E-state index >= 15 is 0 Å². The van der Waals surface area contributed by atoms with Gasteiger partial charge in [0.2, 0.25) is 0 Å². The van der Waals surface area contributed by atoms with Gasteiger partial charge >= 0.3 is 0 Å². The number of nitrogens with one attached hydrogen (secondary N) is 2. The Kier molecular flexibility index (Phi) is 6.41. The highest BCUT2D eigenvalue weighted by atomic mass is 16.3. The van der Waals surface area contributed by atoms with Crippen LogP contribution in [0.4, 0.5) is 5.69 Å². The van der Waals surface area contributed by atoms with Crippen molar-refractivity contribution in [2.45, 2.75) is 19.3 Å². The standard InChI is InChI=1S/C28H26N2O3/c1-20-15-16-21(18-24(20)30-27(32)25-14-9-17-33-25)26(31)29-19-28(2,22-10-5-3-6-11-22)23-12-7-4-8-13-23/h3-18H,19H2,1-2H3,(H,29,31)(H,30,32). The molecular formula is C28H26N2O3. The molecule has 0 fully saturated rings. The fourth-order valence-electron chi connectivity index (χ4n) is 3.83. The average molecular weight is 439 g/mol. The third-order valence-corrected chi connectivity index (χ3v) is 5.92. The number of carbonyl (C=O) groups is 2. The molecule has 0 radical (unpaired) electrons. The third kappa shape index (κ3) is 4.88. The molecule has 0 atom stereocenters. The van der Waals surface area contributed by atoms with Gasteiger partial charge in [0.15, 0.2) is 5.76 Å². The molecule has 0 spiro atoms. The molecule has 5 heteroatoms. The van der Waals surface area contributed by atoms with E-state index in [-0.39, 0.29) is 17.6 Å². The molecule has 1 aromatic heterocycles. The topological polar surface area (TPSA) is 71.3 Å². The first-order valence-corrected chi connectivity index (χ1v) is 10.8. The Balaban J connectivity index is 1.54. The normalized spacial score (nSPS) is 11.1. The van der Waals surface area contributed by atoms with Crippen LogP contribution in [0.25, 0.3) is 0 Å². The molecule has 4 rings (SSSR count). The van der Waals surface area contributed by atoms with E-state index in [1.807, 2.05) is 49.4 Å². The van der Waals surface area contributed by atoms with Crippen molar-refractivity contribution in [2.75, 3.05) is 11.9 Å². The smallest absolute Gasteiger partial charge is 0.291 e. The molecule has 5 nitrogen and oxygen atoms in total. The number of rotatable bonds is 7. The van der Waals surface area contributed by atoms with Crippen LogP contribution in [0.2, 0.25) is 0 Å². The summed E-state index contributed by atoms with van der Waals surface area (Å²) in [5.41, 5.74) is 3.72. The van der Waals surface area contributed by atoms with E-state index in [4.69, 9.17) is 4.42 Å². The lowest BCUT2D eigenvalue weighted by atomic mass is 9.76. The Morgan fingerprint density at radius 3 is 2.03 bits per heavy atom. The quantitative estimate of drug-likeness (QED) is 0.396. The largest absolute Gasteiger partial charge is 0.459 e. The second-order valence-electron chi connectivity index (χ2n) is 8.21. The van der Waals surface area contributed by atoms with Crippen LogP contribution in [0.3, 0.4) is 0 Å². The van der Waals surface area contributed by atoms with E-state index in [0.29, 0.717) is 17.8 Å². The second-order valence-corrected chi connectivity index (χ2v) is 8.21. The third-order valence-electron chi connectivity index (χ3n) is 5.92. The van der Waals surface area contributed by atoms with Gasteiger partial charge in [-0.3, -0.25) is 9.59 Å². The zero-order valence-electron chi connectivity index (χ0n) is 18.7. The summed E-state index contributed by atoms with van der Waals surface area (Å²) in [5.74, 6) is -0.353. The summed E-state index contributed by atoms with van der Waals surface area (Å²) in [4.78, 5) is 25.5. The highest BCUT2D eigenvalue weighted by Crippen LogP contribution is 2.31. The fourth-order valence-corrected chi connectivity index (χ4v) is 3.83. The van der Waals surface area contributed by atoms with Gasteiger partial charge in [-0.1, -0.05) is 66.7 Å². The van der Waals surface area contributed by atoms with E-state index in [0.717, 1.165) is 16.7 Å². The van der Waals surface area contributed by atoms with Crippen LogP contribution >= 0.6 is 0 Å². The van der Waals surface area contributed by atoms with Crippen LogP contribution in [0.15, 0.2) is 102 Å². The minimum absolute atomic E-state index is 0.207. The summed E-state index contributed by atoms with van der Waals surface area (Å²) in [6.45, 7) is 4.42. The monoisotopic (exact) mass is 438 g/mol. The van der Waals surface area contributed by atoms with Crippen LogP contribution in [0.5, 0.6) is 0 Å². The van der Waals surface area contributed by atoms with Crippen molar-refractivity contribution in [3.05, 3.63) is 125 Å². The van der Waals surface area contributed by atoms with Gasteiger partial charge in [0.25, 0.3) is 11.8 Å². The van der Waals surface area contributed by atoms with Crippen LogP contribution in [0.1, 0.15) is 44.5 Å². The van der Waals surface area contributed by atoms with Crippen LogP contribution < -0.4 is 10.6 Å². The van der Waals surface area contributed by atoms with Gasteiger partial charge in [-0.25, -0.2) is 0 Å². The molecule has 0 aliphatic heterocycles. The zero-order chi connectivity index (χ0) is 23.3. The molecule has 2 N–H and O–H groups in total. The molecule has 0 unspecified atom stereocenters. The lowest BCUT2D eigenvalue weighted by Gasteiger charge is -2.31. The Hall–Kier alpha value is -4.12.